The number of aryl methyl sites for hydroxylation is 1. The van der Waals surface area contributed by atoms with Crippen LogP contribution in [0.1, 0.15) is 38.1 Å². The predicted molar refractivity (Wildman–Crippen MR) is 83.8 cm³/mol. The summed E-state index contributed by atoms with van der Waals surface area (Å²) in [7, 11) is 0. The Labute approximate surface area is 118 Å². The fourth-order valence-electron chi connectivity index (χ4n) is 3.01. The van der Waals surface area contributed by atoms with Crippen molar-refractivity contribution in [3.05, 3.63) is 17.1 Å². The lowest BCUT2D eigenvalue weighted by molar-refractivity contribution is 0.378. The molecule has 0 aliphatic heterocycles. The molecular formula is C15H21N3S. The van der Waals surface area contributed by atoms with Gasteiger partial charge >= 0.3 is 0 Å². The van der Waals surface area contributed by atoms with Gasteiger partial charge in [-0.1, -0.05) is 13.8 Å². The quantitative estimate of drug-likeness (QED) is 0.808. The summed E-state index contributed by atoms with van der Waals surface area (Å²) >= 11 is 1.70. The van der Waals surface area contributed by atoms with Crippen LogP contribution in [0.4, 0.5) is 11.4 Å². The second-order valence-electron chi connectivity index (χ2n) is 6.39. The SMILES string of the molecule is Cc1nc2cc(NC3CCC(C)(C)C3)c(N)cc2s1. The normalized spacial score (nSPS) is 21.9. The Balaban J connectivity index is 1.86. The van der Waals surface area contributed by atoms with E-state index >= 15 is 0 Å². The maximum Gasteiger partial charge on any atom is 0.0907 e. The van der Waals surface area contributed by atoms with E-state index in [0.717, 1.165) is 21.9 Å². The molecule has 2 aromatic rings. The number of nitrogen functional groups attached to an aromatic ring is 1. The second-order valence-corrected chi connectivity index (χ2v) is 7.62. The summed E-state index contributed by atoms with van der Waals surface area (Å²) in [6.07, 6.45) is 3.71. The van der Waals surface area contributed by atoms with Crippen LogP contribution in [0.2, 0.25) is 0 Å². The number of hydrogen-bond donors (Lipinski definition) is 2. The van der Waals surface area contributed by atoms with E-state index in [-0.39, 0.29) is 0 Å². The molecule has 3 nitrogen and oxygen atoms in total. The van der Waals surface area contributed by atoms with Crippen LogP contribution in [0.3, 0.4) is 0 Å². The van der Waals surface area contributed by atoms with Gasteiger partial charge in [0.1, 0.15) is 0 Å². The molecule has 0 amide bonds. The predicted octanol–water partition coefficient (Wildman–Crippen LogP) is 4.18. The minimum atomic E-state index is 0.452. The van der Waals surface area contributed by atoms with Crippen LogP contribution >= 0.6 is 11.3 Å². The van der Waals surface area contributed by atoms with Gasteiger partial charge in [0.25, 0.3) is 0 Å². The molecule has 4 heteroatoms. The molecule has 19 heavy (non-hydrogen) atoms. The number of thiazole rings is 1. The summed E-state index contributed by atoms with van der Waals surface area (Å²) in [6, 6.07) is 4.68. The van der Waals surface area contributed by atoms with Crippen molar-refractivity contribution in [1.29, 1.82) is 0 Å². The molecule has 0 saturated heterocycles. The molecule has 3 N–H and O–H groups in total. The molecule has 1 saturated carbocycles. The number of aromatic nitrogens is 1. The average Bonchev–Trinajstić information content (AvgIpc) is 2.81. The number of fused-ring (bicyclic) bond motifs is 1. The third-order valence-corrected chi connectivity index (χ3v) is 4.93. The van der Waals surface area contributed by atoms with Crippen molar-refractivity contribution >= 4 is 32.9 Å². The molecule has 1 atom stereocenters. The van der Waals surface area contributed by atoms with Crippen molar-refractivity contribution < 1.29 is 0 Å². The molecule has 0 radical (unpaired) electrons. The third-order valence-electron chi connectivity index (χ3n) is 3.99. The Morgan fingerprint density at radius 1 is 1.42 bits per heavy atom. The van der Waals surface area contributed by atoms with Gasteiger partial charge in [0, 0.05) is 6.04 Å². The van der Waals surface area contributed by atoms with Crippen LogP contribution < -0.4 is 11.1 Å². The van der Waals surface area contributed by atoms with Gasteiger partial charge in [-0.3, -0.25) is 0 Å². The Hall–Kier alpha value is -1.29. The summed E-state index contributed by atoms with van der Waals surface area (Å²) in [5.74, 6) is 0. The first-order valence-electron chi connectivity index (χ1n) is 6.86. The van der Waals surface area contributed by atoms with Crippen LogP contribution in [0, 0.1) is 12.3 Å². The zero-order valence-corrected chi connectivity index (χ0v) is 12.6. The molecule has 1 aliphatic carbocycles. The Kier molecular flexibility index (Phi) is 2.93. The summed E-state index contributed by atoms with van der Waals surface area (Å²) in [6.45, 7) is 6.71. The molecule has 0 bridgehead atoms. The zero-order chi connectivity index (χ0) is 13.6. The van der Waals surface area contributed by atoms with Crippen molar-refractivity contribution in [1.82, 2.24) is 4.98 Å². The van der Waals surface area contributed by atoms with Crippen LogP contribution in [0.5, 0.6) is 0 Å². The lowest BCUT2D eigenvalue weighted by atomic mass is 9.92. The van der Waals surface area contributed by atoms with Gasteiger partial charge in [-0.15, -0.1) is 11.3 Å². The number of nitrogens with two attached hydrogens (primary N) is 1. The van der Waals surface area contributed by atoms with Crippen LogP contribution in [-0.2, 0) is 0 Å². The van der Waals surface area contributed by atoms with Crippen LogP contribution in [0.25, 0.3) is 10.2 Å². The second kappa shape index (κ2) is 4.37. The highest BCUT2D eigenvalue weighted by atomic mass is 32.1. The zero-order valence-electron chi connectivity index (χ0n) is 11.8. The molecule has 1 aromatic carbocycles. The van der Waals surface area contributed by atoms with Crippen molar-refractivity contribution in [3.8, 4) is 0 Å². The fraction of sp³-hybridized carbons (Fsp3) is 0.533. The molecular weight excluding hydrogens is 254 g/mol. The third kappa shape index (κ3) is 2.54. The van der Waals surface area contributed by atoms with Crippen molar-refractivity contribution in [2.24, 2.45) is 5.41 Å². The van der Waals surface area contributed by atoms with Crippen molar-refractivity contribution in [2.75, 3.05) is 11.1 Å². The Morgan fingerprint density at radius 2 is 2.21 bits per heavy atom. The maximum atomic E-state index is 6.16. The van der Waals surface area contributed by atoms with Gasteiger partial charge in [0.15, 0.2) is 0 Å². The number of benzene rings is 1. The largest absolute Gasteiger partial charge is 0.397 e. The summed E-state index contributed by atoms with van der Waals surface area (Å²) in [5, 5.41) is 4.70. The van der Waals surface area contributed by atoms with Crippen molar-refractivity contribution in [3.63, 3.8) is 0 Å². The lowest BCUT2D eigenvalue weighted by Gasteiger charge is -2.19. The highest BCUT2D eigenvalue weighted by Crippen LogP contribution is 2.39. The van der Waals surface area contributed by atoms with E-state index in [9.17, 15) is 0 Å². The van der Waals surface area contributed by atoms with Gasteiger partial charge in [-0.25, -0.2) is 4.98 Å². The van der Waals surface area contributed by atoms with Crippen LogP contribution in [-0.4, -0.2) is 11.0 Å². The minimum Gasteiger partial charge on any atom is -0.397 e. The minimum absolute atomic E-state index is 0.452. The average molecular weight is 275 g/mol. The highest BCUT2D eigenvalue weighted by molar-refractivity contribution is 7.18. The van der Waals surface area contributed by atoms with E-state index in [1.807, 2.05) is 13.0 Å². The molecule has 1 heterocycles. The van der Waals surface area contributed by atoms with Gasteiger partial charge in [-0.05, 0) is 43.7 Å². The topological polar surface area (TPSA) is 50.9 Å². The van der Waals surface area contributed by atoms with Gasteiger partial charge in [0.2, 0.25) is 0 Å². The summed E-state index contributed by atoms with van der Waals surface area (Å²) in [4.78, 5) is 4.54. The van der Waals surface area contributed by atoms with E-state index in [1.165, 1.54) is 24.0 Å². The fourth-order valence-corrected chi connectivity index (χ4v) is 3.87. The molecule has 102 valence electrons. The number of rotatable bonds is 2. The number of anilines is 2. The lowest BCUT2D eigenvalue weighted by Crippen LogP contribution is -2.18. The van der Waals surface area contributed by atoms with Crippen LogP contribution in [0.15, 0.2) is 12.1 Å². The molecule has 3 rings (SSSR count). The van der Waals surface area contributed by atoms with E-state index in [2.05, 4.69) is 30.2 Å². The van der Waals surface area contributed by atoms with Crippen molar-refractivity contribution in [2.45, 2.75) is 46.1 Å². The molecule has 1 aliphatic rings. The smallest absolute Gasteiger partial charge is 0.0907 e. The van der Waals surface area contributed by atoms with Gasteiger partial charge < -0.3 is 11.1 Å². The summed E-state index contributed by atoms with van der Waals surface area (Å²) < 4.78 is 1.17. The monoisotopic (exact) mass is 275 g/mol. The van der Waals surface area contributed by atoms with E-state index < -0.39 is 0 Å². The Morgan fingerprint density at radius 3 is 2.89 bits per heavy atom. The van der Waals surface area contributed by atoms with E-state index in [4.69, 9.17) is 5.73 Å². The van der Waals surface area contributed by atoms with Gasteiger partial charge in [-0.2, -0.15) is 0 Å². The summed E-state index contributed by atoms with van der Waals surface area (Å²) in [5.41, 5.74) is 9.54. The standard InChI is InChI=1S/C15H21N3S/c1-9-17-13-7-12(11(16)6-14(13)19-9)18-10-4-5-15(2,3)8-10/h6-7,10,18H,4-5,8,16H2,1-3H3. The van der Waals surface area contributed by atoms with E-state index in [0.29, 0.717) is 11.5 Å². The molecule has 1 unspecified atom stereocenters. The molecule has 1 fully saturated rings. The number of hydrogen-bond acceptors (Lipinski definition) is 4. The molecule has 1 aromatic heterocycles. The first-order valence-corrected chi connectivity index (χ1v) is 7.68. The maximum absolute atomic E-state index is 6.16. The first kappa shape index (κ1) is 12.7. The Bertz CT molecular complexity index is 615. The highest BCUT2D eigenvalue weighted by Gasteiger charge is 2.31. The van der Waals surface area contributed by atoms with Gasteiger partial charge in [0.05, 0.1) is 26.6 Å². The number of nitrogens with zero attached hydrogens (tertiary/aromatic N) is 1. The first-order chi connectivity index (χ1) is 8.93. The number of nitrogens with one attached hydrogen (secondary N) is 1. The molecule has 0 spiro atoms. The van der Waals surface area contributed by atoms with E-state index in [1.54, 1.807) is 11.3 Å².